The SMILES string of the molecule is Clc1ccc(N2CC=CO2)cc1. The van der Waals surface area contributed by atoms with Crippen molar-refractivity contribution in [3.63, 3.8) is 0 Å². The molecule has 0 N–H and O–H groups in total. The van der Waals surface area contributed by atoms with Gasteiger partial charge < -0.3 is 4.84 Å². The van der Waals surface area contributed by atoms with Gasteiger partial charge in [-0.1, -0.05) is 11.6 Å². The Bertz CT molecular complexity index is 286. The van der Waals surface area contributed by atoms with Gasteiger partial charge in [0.25, 0.3) is 0 Å². The van der Waals surface area contributed by atoms with Crippen molar-refractivity contribution < 1.29 is 4.84 Å². The second-order valence-electron chi connectivity index (χ2n) is 2.51. The third-order valence-corrected chi connectivity index (χ3v) is 1.92. The van der Waals surface area contributed by atoms with Gasteiger partial charge in [-0.05, 0) is 30.3 Å². The van der Waals surface area contributed by atoms with Crippen molar-refractivity contribution in [2.24, 2.45) is 0 Å². The van der Waals surface area contributed by atoms with Crippen LogP contribution in [0.3, 0.4) is 0 Å². The summed E-state index contributed by atoms with van der Waals surface area (Å²) in [6.07, 6.45) is 3.63. The molecule has 1 aromatic carbocycles. The van der Waals surface area contributed by atoms with Gasteiger partial charge in [0.05, 0.1) is 12.2 Å². The summed E-state index contributed by atoms with van der Waals surface area (Å²) in [5, 5.41) is 2.53. The van der Waals surface area contributed by atoms with Crippen molar-refractivity contribution in [3.05, 3.63) is 41.6 Å². The highest BCUT2D eigenvalue weighted by atomic mass is 35.5. The minimum Gasteiger partial charge on any atom is -0.387 e. The van der Waals surface area contributed by atoms with E-state index in [4.69, 9.17) is 16.4 Å². The van der Waals surface area contributed by atoms with Crippen LogP contribution in [0.5, 0.6) is 0 Å². The molecule has 0 fully saturated rings. The number of hydrogen-bond donors (Lipinski definition) is 0. The predicted octanol–water partition coefficient (Wildman–Crippen LogP) is 2.61. The fraction of sp³-hybridized carbons (Fsp3) is 0.111. The maximum atomic E-state index is 5.74. The lowest BCUT2D eigenvalue weighted by Gasteiger charge is -2.15. The molecule has 0 aromatic heterocycles. The van der Waals surface area contributed by atoms with Crippen molar-refractivity contribution in [1.82, 2.24) is 0 Å². The normalized spacial score (nSPS) is 14.9. The quantitative estimate of drug-likeness (QED) is 0.661. The Kier molecular flexibility index (Phi) is 1.92. The Labute approximate surface area is 76.0 Å². The lowest BCUT2D eigenvalue weighted by molar-refractivity contribution is 0.246. The number of halogens is 1. The molecule has 0 aliphatic carbocycles. The molecule has 1 aliphatic rings. The molecular weight excluding hydrogens is 174 g/mol. The van der Waals surface area contributed by atoms with Gasteiger partial charge in [0.1, 0.15) is 6.26 Å². The second kappa shape index (κ2) is 3.07. The van der Waals surface area contributed by atoms with Crippen LogP contribution in [0.1, 0.15) is 0 Å². The molecule has 2 rings (SSSR count). The number of nitrogens with zero attached hydrogens (tertiary/aromatic N) is 1. The Morgan fingerprint density at radius 2 is 2.00 bits per heavy atom. The van der Waals surface area contributed by atoms with E-state index >= 15 is 0 Å². The summed E-state index contributed by atoms with van der Waals surface area (Å²) >= 11 is 5.74. The van der Waals surface area contributed by atoms with Gasteiger partial charge in [0.2, 0.25) is 0 Å². The van der Waals surface area contributed by atoms with Gasteiger partial charge in [0, 0.05) is 5.02 Å². The molecule has 0 radical (unpaired) electrons. The highest BCUT2D eigenvalue weighted by Crippen LogP contribution is 2.19. The van der Waals surface area contributed by atoms with E-state index in [-0.39, 0.29) is 0 Å². The highest BCUT2D eigenvalue weighted by Gasteiger charge is 2.07. The summed E-state index contributed by atoms with van der Waals surface area (Å²) in [5.74, 6) is 0. The van der Waals surface area contributed by atoms with Crippen LogP contribution in [0, 0.1) is 0 Å². The Morgan fingerprint density at radius 1 is 1.25 bits per heavy atom. The van der Waals surface area contributed by atoms with Crippen molar-refractivity contribution in [3.8, 4) is 0 Å². The smallest absolute Gasteiger partial charge is 0.117 e. The number of hydrogen-bond acceptors (Lipinski definition) is 2. The fourth-order valence-corrected chi connectivity index (χ4v) is 1.20. The molecular formula is C9H8ClNO. The van der Waals surface area contributed by atoms with Crippen molar-refractivity contribution >= 4 is 17.3 Å². The van der Waals surface area contributed by atoms with Gasteiger partial charge in [0.15, 0.2) is 0 Å². The van der Waals surface area contributed by atoms with Gasteiger partial charge in [-0.25, -0.2) is 5.06 Å². The zero-order valence-corrected chi connectivity index (χ0v) is 7.16. The summed E-state index contributed by atoms with van der Waals surface area (Å²) in [4.78, 5) is 5.19. The largest absolute Gasteiger partial charge is 0.387 e. The van der Waals surface area contributed by atoms with E-state index in [1.165, 1.54) is 0 Å². The molecule has 0 unspecified atom stereocenters. The van der Waals surface area contributed by atoms with Crippen molar-refractivity contribution in [2.75, 3.05) is 11.6 Å². The number of benzene rings is 1. The predicted molar refractivity (Wildman–Crippen MR) is 49.0 cm³/mol. The van der Waals surface area contributed by atoms with E-state index in [1.54, 1.807) is 11.3 Å². The first-order valence-electron chi connectivity index (χ1n) is 3.71. The molecule has 0 spiro atoms. The summed E-state index contributed by atoms with van der Waals surface area (Å²) in [6, 6.07) is 7.54. The van der Waals surface area contributed by atoms with Crippen LogP contribution < -0.4 is 5.06 Å². The molecule has 1 aromatic rings. The van der Waals surface area contributed by atoms with Crippen molar-refractivity contribution in [2.45, 2.75) is 0 Å². The van der Waals surface area contributed by atoms with E-state index in [9.17, 15) is 0 Å². The van der Waals surface area contributed by atoms with Crippen molar-refractivity contribution in [1.29, 1.82) is 0 Å². The molecule has 0 bridgehead atoms. The lowest BCUT2D eigenvalue weighted by Crippen LogP contribution is -2.15. The van der Waals surface area contributed by atoms with E-state index in [0.29, 0.717) is 0 Å². The maximum Gasteiger partial charge on any atom is 0.117 e. The first-order chi connectivity index (χ1) is 5.86. The zero-order valence-electron chi connectivity index (χ0n) is 6.40. The fourth-order valence-electron chi connectivity index (χ4n) is 1.07. The molecule has 12 heavy (non-hydrogen) atoms. The minimum absolute atomic E-state index is 0.742. The molecule has 62 valence electrons. The van der Waals surface area contributed by atoms with Crippen LogP contribution in [0.25, 0.3) is 0 Å². The average Bonchev–Trinajstić information content (AvgIpc) is 2.58. The van der Waals surface area contributed by atoms with E-state index in [2.05, 4.69) is 0 Å². The van der Waals surface area contributed by atoms with Gasteiger partial charge >= 0.3 is 0 Å². The molecule has 3 heteroatoms. The Morgan fingerprint density at radius 3 is 2.58 bits per heavy atom. The summed E-state index contributed by atoms with van der Waals surface area (Å²) in [5.41, 5.74) is 1.02. The third-order valence-electron chi connectivity index (χ3n) is 1.67. The number of rotatable bonds is 1. The molecule has 1 aliphatic heterocycles. The molecule has 0 atom stereocenters. The summed E-state index contributed by atoms with van der Waals surface area (Å²) in [7, 11) is 0. The van der Waals surface area contributed by atoms with Crippen LogP contribution in [0.4, 0.5) is 5.69 Å². The molecule has 0 saturated heterocycles. The van der Waals surface area contributed by atoms with Gasteiger partial charge in [-0.3, -0.25) is 0 Å². The lowest BCUT2D eigenvalue weighted by atomic mass is 10.3. The number of anilines is 1. The topological polar surface area (TPSA) is 12.5 Å². The standard InChI is InChI=1S/C9H8ClNO/c10-8-2-4-9(5-3-8)11-6-1-7-12-11/h1-5,7H,6H2. The zero-order chi connectivity index (χ0) is 8.39. The first kappa shape index (κ1) is 7.50. The Balaban J connectivity index is 2.18. The first-order valence-corrected chi connectivity index (χ1v) is 4.09. The van der Waals surface area contributed by atoms with E-state index < -0.39 is 0 Å². The van der Waals surface area contributed by atoms with E-state index in [0.717, 1.165) is 17.3 Å². The average molecular weight is 182 g/mol. The maximum absolute atomic E-state index is 5.74. The third kappa shape index (κ3) is 1.38. The monoisotopic (exact) mass is 181 g/mol. The van der Waals surface area contributed by atoms with Gasteiger partial charge in [-0.15, -0.1) is 0 Å². The van der Waals surface area contributed by atoms with Crippen LogP contribution in [0.2, 0.25) is 5.02 Å². The minimum atomic E-state index is 0.742. The van der Waals surface area contributed by atoms with Crippen LogP contribution >= 0.6 is 11.6 Å². The van der Waals surface area contributed by atoms with Gasteiger partial charge in [-0.2, -0.15) is 0 Å². The molecule has 0 amide bonds. The summed E-state index contributed by atoms with van der Waals surface area (Å²) < 4.78 is 0. The highest BCUT2D eigenvalue weighted by molar-refractivity contribution is 6.30. The second-order valence-corrected chi connectivity index (χ2v) is 2.95. The molecule has 1 heterocycles. The number of hydroxylamine groups is 1. The Hall–Kier alpha value is -1.15. The van der Waals surface area contributed by atoms with Crippen LogP contribution in [0.15, 0.2) is 36.6 Å². The van der Waals surface area contributed by atoms with Crippen LogP contribution in [-0.4, -0.2) is 6.54 Å². The molecule has 2 nitrogen and oxygen atoms in total. The van der Waals surface area contributed by atoms with Crippen LogP contribution in [-0.2, 0) is 4.84 Å². The molecule has 0 saturated carbocycles. The van der Waals surface area contributed by atoms with E-state index in [1.807, 2.05) is 30.3 Å². The summed E-state index contributed by atoms with van der Waals surface area (Å²) in [6.45, 7) is 0.793.